The maximum Gasteiger partial charge on any atom is 0.248 e. The maximum absolute atomic E-state index is 11.1. The third-order valence-corrected chi connectivity index (χ3v) is 3.79. The summed E-state index contributed by atoms with van der Waals surface area (Å²) in [5, 5.41) is 3.49. The van der Waals surface area contributed by atoms with E-state index in [9.17, 15) is 4.79 Å². The van der Waals surface area contributed by atoms with Gasteiger partial charge in [-0.1, -0.05) is 19.8 Å². The van der Waals surface area contributed by atoms with Crippen LogP contribution in [-0.2, 0) is 0 Å². The normalized spacial score (nSPS) is 23.6. The van der Waals surface area contributed by atoms with Gasteiger partial charge in [0.2, 0.25) is 5.91 Å². The Labute approximate surface area is 108 Å². The second-order valence-corrected chi connectivity index (χ2v) is 5.18. The average Bonchev–Trinajstić information content (AvgIpc) is 2.34. The van der Waals surface area contributed by atoms with Gasteiger partial charge >= 0.3 is 0 Å². The molecular formula is C14H21N3O. The quantitative estimate of drug-likeness (QED) is 0.717. The van der Waals surface area contributed by atoms with E-state index in [1.54, 1.807) is 12.1 Å². The predicted octanol–water partition coefficient (Wildman–Crippen LogP) is 2.36. The molecule has 5 N–H and O–H groups in total. The van der Waals surface area contributed by atoms with Crippen LogP contribution in [0.1, 0.15) is 43.0 Å². The molecule has 1 aliphatic rings. The Morgan fingerprint density at radius 2 is 2.06 bits per heavy atom. The summed E-state index contributed by atoms with van der Waals surface area (Å²) < 4.78 is 0. The molecule has 98 valence electrons. The highest BCUT2D eigenvalue weighted by Crippen LogP contribution is 2.29. The third kappa shape index (κ3) is 2.75. The van der Waals surface area contributed by atoms with Crippen LogP contribution in [-0.4, -0.2) is 11.9 Å². The van der Waals surface area contributed by atoms with Gasteiger partial charge in [-0.2, -0.15) is 0 Å². The van der Waals surface area contributed by atoms with Gasteiger partial charge in [0.1, 0.15) is 0 Å². The van der Waals surface area contributed by atoms with Crippen LogP contribution in [0.5, 0.6) is 0 Å². The van der Waals surface area contributed by atoms with E-state index in [0.717, 1.165) is 5.69 Å². The molecule has 0 bridgehead atoms. The van der Waals surface area contributed by atoms with Crippen LogP contribution >= 0.6 is 0 Å². The van der Waals surface area contributed by atoms with Crippen LogP contribution < -0.4 is 16.8 Å². The third-order valence-electron chi connectivity index (χ3n) is 3.79. The van der Waals surface area contributed by atoms with Crippen LogP contribution in [0.2, 0.25) is 0 Å². The molecular weight excluding hydrogens is 226 g/mol. The number of nitrogen functional groups attached to an aromatic ring is 1. The Morgan fingerprint density at radius 3 is 2.67 bits per heavy atom. The van der Waals surface area contributed by atoms with E-state index in [-0.39, 0.29) is 0 Å². The molecule has 2 rings (SSSR count). The van der Waals surface area contributed by atoms with E-state index in [2.05, 4.69) is 12.2 Å². The molecule has 0 spiro atoms. The molecule has 1 aromatic rings. The van der Waals surface area contributed by atoms with Crippen molar-refractivity contribution in [3.05, 3.63) is 23.8 Å². The molecule has 0 saturated heterocycles. The number of carbonyl (C=O) groups excluding carboxylic acids is 1. The van der Waals surface area contributed by atoms with Gasteiger partial charge in [-0.3, -0.25) is 4.79 Å². The van der Waals surface area contributed by atoms with E-state index < -0.39 is 5.91 Å². The number of anilines is 2. The van der Waals surface area contributed by atoms with Crippen molar-refractivity contribution in [1.82, 2.24) is 0 Å². The molecule has 1 saturated carbocycles. The van der Waals surface area contributed by atoms with Crippen LogP contribution in [0.25, 0.3) is 0 Å². The van der Waals surface area contributed by atoms with Gasteiger partial charge in [0.15, 0.2) is 0 Å². The first kappa shape index (κ1) is 12.7. The second-order valence-electron chi connectivity index (χ2n) is 5.18. The molecule has 1 amide bonds. The van der Waals surface area contributed by atoms with E-state index in [0.29, 0.717) is 23.2 Å². The van der Waals surface area contributed by atoms with Crippen molar-refractivity contribution >= 4 is 17.3 Å². The Kier molecular flexibility index (Phi) is 3.75. The van der Waals surface area contributed by atoms with Gasteiger partial charge < -0.3 is 16.8 Å². The number of nitrogens with two attached hydrogens (primary N) is 2. The van der Waals surface area contributed by atoms with Gasteiger partial charge in [0, 0.05) is 11.6 Å². The predicted molar refractivity (Wildman–Crippen MR) is 74.4 cm³/mol. The number of hydrogen-bond acceptors (Lipinski definition) is 3. The highest BCUT2D eigenvalue weighted by Gasteiger charge is 2.21. The highest BCUT2D eigenvalue weighted by molar-refractivity contribution is 5.94. The lowest BCUT2D eigenvalue weighted by atomic mass is 9.86. The minimum Gasteiger partial charge on any atom is -0.397 e. The first-order valence-electron chi connectivity index (χ1n) is 6.54. The lowest BCUT2D eigenvalue weighted by Crippen LogP contribution is -2.30. The summed E-state index contributed by atoms with van der Waals surface area (Å²) in [6.07, 6.45) is 5.02. The molecule has 2 atom stereocenters. The zero-order chi connectivity index (χ0) is 13.1. The number of primary amides is 1. The Morgan fingerprint density at radius 1 is 1.33 bits per heavy atom. The smallest absolute Gasteiger partial charge is 0.248 e. The number of carbonyl (C=O) groups is 1. The summed E-state index contributed by atoms with van der Waals surface area (Å²) >= 11 is 0. The zero-order valence-electron chi connectivity index (χ0n) is 10.8. The lowest BCUT2D eigenvalue weighted by molar-refractivity contribution is 0.100. The molecule has 0 radical (unpaired) electrons. The fraction of sp³-hybridized carbons (Fsp3) is 0.500. The van der Waals surface area contributed by atoms with E-state index in [1.165, 1.54) is 25.7 Å². The van der Waals surface area contributed by atoms with Crippen molar-refractivity contribution < 1.29 is 4.79 Å². The SMILES string of the molecule is CC1CCCCC1Nc1ccc(C(N)=O)cc1N. The maximum atomic E-state index is 11.1. The number of benzene rings is 1. The highest BCUT2D eigenvalue weighted by atomic mass is 16.1. The van der Waals surface area contributed by atoms with Crippen molar-refractivity contribution in [2.75, 3.05) is 11.1 Å². The minimum absolute atomic E-state index is 0.445. The van der Waals surface area contributed by atoms with E-state index in [1.807, 2.05) is 6.07 Å². The van der Waals surface area contributed by atoms with Gasteiger partial charge in [0.05, 0.1) is 11.4 Å². The van der Waals surface area contributed by atoms with E-state index in [4.69, 9.17) is 11.5 Å². The van der Waals surface area contributed by atoms with Crippen molar-refractivity contribution in [3.8, 4) is 0 Å². The number of rotatable bonds is 3. The fourth-order valence-electron chi connectivity index (χ4n) is 2.58. The first-order valence-corrected chi connectivity index (χ1v) is 6.54. The van der Waals surface area contributed by atoms with Gasteiger partial charge in [-0.05, 0) is 37.0 Å². The summed E-state index contributed by atoms with van der Waals surface area (Å²) in [6, 6.07) is 5.67. The van der Waals surface area contributed by atoms with Crippen molar-refractivity contribution in [2.24, 2.45) is 11.7 Å². The Hall–Kier alpha value is -1.71. The topological polar surface area (TPSA) is 81.1 Å². The molecule has 1 aliphatic carbocycles. The minimum atomic E-state index is -0.445. The average molecular weight is 247 g/mol. The Bertz CT molecular complexity index is 445. The summed E-state index contributed by atoms with van der Waals surface area (Å²) in [7, 11) is 0. The number of hydrogen-bond donors (Lipinski definition) is 3. The van der Waals surface area contributed by atoms with Crippen molar-refractivity contribution in [2.45, 2.75) is 38.6 Å². The fourth-order valence-corrected chi connectivity index (χ4v) is 2.58. The molecule has 4 heteroatoms. The molecule has 1 aromatic carbocycles. The molecule has 4 nitrogen and oxygen atoms in total. The number of amides is 1. The zero-order valence-corrected chi connectivity index (χ0v) is 10.8. The van der Waals surface area contributed by atoms with Gasteiger partial charge in [-0.15, -0.1) is 0 Å². The van der Waals surface area contributed by atoms with Crippen molar-refractivity contribution in [3.63, 3.8) is 0 Å². The van der Waals surface area contributed by atoms with Crippen LogP contribution in [0.15, 0.2) is 18.2 Å². The summed E-state index contributed by atoms with van der Waals surface area (Å²) in [5.74, 6) is 0.216. The summed E-state index contributed by atoms with van der Waals surface area (Å²) in [4.78, 5) is 11.1. The molecule has 18 heavy (non-hydrogen) atoms. The lowest BCUT2D eigenvalue weighted by Gasteiger charge is -2.30. The summed E-state index contributed by atoms with van der Waals surface area (Å²) in [6.45, 7) is 2.27. The standard InChI is InChI=1S/C14H21N3O/c1-9-4-2-3-5-12(9)17-13-7-6-10(14(16)18)8-11(13)15/h6-9,12,17H,2-5,15H2,1H3,(H2,16,18). The molecule has 0 aromatic heterocycles. The van der Waals surface area contributed by atoms with E-state index >= 15 is 0 Å². The Balaban J connectivity index is 2.11. The summed E-state index contributed by atoms with van der Waals surface area (Å²) in [5.41, 5.74) is 13.1. The molecule has 0 aliphatic heterocycles. The van der Waals surface area contributed by atoms with Crippen LogP contribution in [0, 0.1) is 5.92 Å². The second kappa shape index (κ2) is 5.29. The number of nitrogens with one attached hydrogen (secondary N) is 1. The van der Waals surface area contributed by atoms with Crippen LogP contribution in [0.4, 0.5) is 11.4 Å². The largest absolute Gasteiger partial charge is 0.397 e. The van der Waals surface area contributed by atoms with Crippen LogP contribution in [0.3, 0.4) is 0 Å². The van der Waals surface area contributed by atoms with Crippen molar-refractivity contribution in [1.29, 1.82) is 0 Å². The van der Waals surface area contributed by atoms with Gasteiger partial charge in [-0.25, -0.2) is 0 Å². The van der Waals surface area contributed by atoms with Gasteiger partial charge in [0.25, 0.3) is 0 Å². The molecule has 1 fully saturated rings. The monoisotopic (exact) mass is 247 g/mol. The molecule has 2 unspecified atom stereocenters. The molecule has 0 heterocycles. The first-order chi connectivity index (χ1) is 8.58.